The van der Waals surface area contributed by atoms with E-state index in [2.05, 4.69) is 16.9 Å². The molecule has 0 spiro atoms. The average Bonchev–Trinajstić information content (AvgIpc) is 2.59. The first-order valence-electron chi connectivity index (χ1n) is 7.94. The molecule has 0 saturated carbocycles. The smallest absolute Gasteiger partial charge is 0.203 e. The molecule has 0 saturated heterocycles. The molecule has 2 atom stereocenters. The van der Waals surface area contributed by atoms with Gasteiger partial charge in [-0.25, -0.2) is 9.20 Å². The van der Waals surface area contributed by atoms with E-state index in [1.165, 1.54) is 4.31 Å². The number of hydrogen-bond donors (Lipinski definition) is 1. The van der Waals surface area contributed by atoms with E-state index in [9.17, 15) is 4.21 Å². The lowest BCUT2D eigenvalue weighted by Crippen LogP contribution is -2.50. The molecule has 2 aromatic carbocycles. The number of hydrogen-bond acceptors (Lipinski definition) is 4. The zero-order valence-electron chi connectivity index (χ0n) is 14.7. The Labute approximate surface area is 149 Å². The molecule has 0 fully saturated rings. The number of nitrogens with zero attached hydrogens (tertiary/aromatic N) is 2. The quantitative estimate of drug-likeness (QED) is 0.858. The number of guanidine groups is 1. The maximum absolute atomic E-state index is 12.8. The SMILES string of the molecule is C=S1(=O)C[C@@](C)(c2cccc(-c3cccc(OC)c3)c2)N=C(N)N1C. The Balaban J connectivity index is 2.07. The summed E-state index contributed by atoms with van der Waals surface area (Å²) in [5, 5.41) is 0. The summed E-state index contributed by atoms with van der Waals surface area (Å²) < 4.78 is 19.6. The molecule has 6 heteroatoms. The highest BCUT2D eigenvalue weighted by atomic mass is 32.2. The highest BCUT2D eigenvalue weighted by Gasteiger charge is 2.36. The Morgan fingerprint density at radius 3 is 2.52 bits per heavy atom. The second-order valence-corrected chi connectivity index (χ2v) is 8.85. The molecule has 1 unspecified atom stereocenters. The van der Waals surface area contributed by atoms with Crippen LogP contribution in [-0.2, 0) is 15.2 Å². The van der Waals surface area contributed by atoms with E-state index in [-0.39, 0.29) is 5.96 Å². The van der Waals surface area contributed by atoms with Gasteiger partial charge in [0.25, 0.3) is 0 Å². The number of benzene rings is 2. The molecule has 0 bridgehead atoms. The fourth-order valence-electron chi connectivity index (χ4n) is 3.05. The third-order valence-corrected chi connectivity index (χ3v) is 6.78. The lowest BCUT2D eigenvalue weighted by atomic mass is 9.91. The number of aliphatic imine (C=N–C) groups is 1. The van der Waals surface area contributed by atoms with Gasteiger partial charge in [-0.15, -0.1) is 0 Å². The van der Waals surface area contributed by atoms with Crippen molar-refractivity contribution in [1.82, 2.24) is 4.31 Å². The van der Waals surface area contributed by atoms with E-state index >= 15 is 0 Å². The molecule has 0 radical (unpaired) electrons. The first-order valence-corrected chi connectivity index (χ1v) is 9.80. The molecule has 1 aliphatic heterocycles. The predicted octanol–water partition coefficient (Wildman–Crippen LogP) is 2.47. The molecule has 2 N–H and O–H groups in total. The van der Waals surface area contributed by atoms with Crippen LogP contribution in [0.4, 0.5) is 0 Å². The summed E-state index contributed by atoms with van der Waals surface area (Å²) in [6.45, 7) is 1.95. The van der Waals surface area contributed by atoms with Crippen molar-refractivity contribution >= 4 is 21.5 Å². The molecule has 2 aromatic rings. The van der Waals surface area contributed by atoms with E-state index in [1.807, 2.05) is 49.4 Å². The summed E-state index contributed by atoms with van der Waals surface area (Å²) >= 11 is 0. The van der Waals surface area contributed by atoms with Gasteiger partial charge in [-0.2, -0.15) is 0 Å². The van der Waals surface area contributed by atoms with Gasteiger partial charge in [-0.1, -0.05) is 30.3 Å². The highest BCUT2D eigenvalue weighted by molar-refractivity contribution is 7.98. The van der Waals surface area contributed by atoms with Crippen molar-refractivity contribution in [2.24, 2.45) is 10.7 Å². The number of ether oxygens (including phenoxy) is 1. The Morgan fingerprint density at radius 2 is 1.88 bits per heavy atom. The van der Waals surface area contributed by atoms with Crippen LogP contribution < -0.4 is 10.5 Å². The summed E-state index contributed by atoms with van der Waals surface area (Å²) in [5.41, 5.74) is 8.37. The van der Waals surface area contributed by atoms with Gasteiger partial charge in [0.2, 0.25) is 5.96 Å². The van der Waals surface area contributed by atoms with Crippen LogP contribution in [0.3, 0.4) is 0 Å². The summed E-state index contributed by atoms with van der Waals surface area (Å²) in [5.74, 6) is 5.23. The summed E-state index contributed by atoms with van der Waals surface area (Å²) in [6, 6.07) is 15.9. The number of nitrogens with two attached hydrogens (primary N) is 1. The summed E-state index contributed by atoms with van der Waals surface area (Å²) in [4.78, 5) is 4.61. The molecule has 0 aromatic heterocycles. The van der Waals surface area contributed by atoms with Crippen LogP contribution in [0.2, 0.25) is 0 Å². The molecule has 5 nitrogen and oxygen atoms in total. The maximum Gasteiger partial charge on any atom is 0.203 e. The second-order valence-electron chi connectivity index (χ2n) is 6.47. The van der Waals surface area contributed by atoms with Gasteiger partial charge in [0.1, 0.15) is 5.75 Å². The van der Waals surface area contributed by atoms with E-state index in [1.54, 1.807) is 14.2 Å². The Kier molecular flexibility index (Phi) is 4.24. The Morgan fingerprint density at radius 1 is 1.24 bits per heavy atom. The van der Waals surface area contributed by atoms with Crippen LogP contribution >= 0.6 is 0 Å². The third-order valence-electron chi connectivity index (χ3n) is 4.58. The van der Waals surface area contributed by atoms with Gasteiger partial charge in [0, 0.05) is 7.05 Å². The van der Waals surface area contributed by atoms with Gasteiger partial charge < -0.3 is 10.5 Å². The molecule has 3 rings (SSSR count). The lowest BCUT2D eigenvalue weighted by Gasteiger charge is -2.37. The van der Waals surface area contributed by atoms with Crippen LogP contribution in [0.5, 0.6) is 5.75 Å². The van der Waals surface area contributed by atoms with Crippen LogP contribution in [-0.4, -0.2) is 40.3 Å². The molecule has 0 aliphatic carbocycles. The fraction of sp³-hybridized carbons (Fsp3) is 0.263. The molecule has 132 valence electrons. The van der Waals surface area contributed by atoms with Gasteiger partial charge in [-0.05, 0) is 47.7 Å². The van der Waals surface area contributed by atoms with Crippen LogP contribution in [0.25, 0.3) is 11.1 Å². The average molecular weight is 357 g/mol. The topological polar surface area (TPSA) is 67.9 Å². The first kappa shape index (κ1) is 17.4. The van der Waals surface area contributed by atoms with Gasteiger partial charge in [0.15, 0.2) is 0 Å². The van der Waals surface area contributed by atoms with Crippen LogP contribution in [0.15, 0.2) is 53.5 Å². The van der Waals surface area contributed by atoms with Crippen molar-refractivity contribution in [2.45, 2.75) is 12.5 Å². The molecule has 1 aliphatic rings. The zero-order chi connectivity index (χ0) is 18.2. The minimum Gasteiger partial charge on any atom is -0.497 e. The first-order chi connectivity index (χ1) is 11.7. The van der Waals surface area contributed by atoms with Gasteiger partial charge in [0.05, 0.1) is 28.1 Å². The van der Waals surface area contributed by atoms with Crippen molar-refractivity contribution < 1.29 is 8.95 Å². The third kappa shape index (κ3) is 3.22. The van der Waals surface area contributed by atoms with Crippen molar-refractivity contribution in [3.8, 4) is 16.9 Å². The standard InChI is InChI=1S/C19H23N3O2S/c1-19(13-25(4,23)22(2)18(20)21-19)16-9-5-7-14(11-16)15-8-6-10-17(12-15)24-3/h5-12H,4,13H2,1-3H3,(H2,20,21)/t19-,25?/m0/s1. The normalized spacial score (nSPS) is 26.2. The van der Waals surface area contributed by atoms with Gasteiger partial charge >= 0.3 is 0 Å². The van der Waals surface area contributed by atoms with Crippen molar-refractivity contribution in [3.63, 3.8) is 0 Å². The van der Waals surface area contributed by atoms with Crippen LogP contribution in [0.1, 0.15) is 12.5 Å². The molecule has 0 amide bonds. The fourth-order valence-corrected chi connectivity index (χ4v) is 4.73. The monoisotopic (exact) mass is 357 g/mol. The summed E-state index contributed by atoms with van der Waals surface area (Å²) in [7, 11) is 0.820. The minimum absolute atomic E-state index is 0.250. The van der Waals surface area contributed by atoms with E-state index < -0.39 is 15.2 Å². The van der Waals surface area contributed by atoms with Crippen molar-refractivity contribution in [1.29, 1.82) is 0 Å². The van der Waals surface area contributed by atoms with Crippen molar-refractivity contribution in [2.75, 3.05) is 19.9 Å². The number of rotatable bonds is 3. The van der Waals surface area contributed by atoms with Gasteiger partial charge in [-0.3, -0.25) is 4.31 Å². The summed E-state index contributed by atoms with van der Waals surface area (Å²) in [6.07, 6.45) is 0. The Bertz CT molecular complexity index is 937. The van der Waals surface area contributed by atoms with Crippen molar-refractivity contribution in [3.05, 3.63) is 54.1 Å². The van der Waals surface area contributed by atoms with E-state index in [0.29, 0.717) is 5.75 Å². The molecule has 1 heterocycles. The highest BCUT2D eigenvalue weighted by Crippen LogP contribution is 2.34. The molecular weight excluding hydrogens is 334 g/mol. The van der Waals surface area contributed by atoms with Crippen LogP contribution in [0, 0.1) is 0 Å². The lowest BCUT2D eigenvalue weighted by molar-refractivity contribution is 0.415. The zero-order valence-corrected chi connectivity index (χ0v) is 15.5. The van der Waals surface area contributed by atoms with E-state index in [0.717, 1.165) is 22.4 Å². The number of methoxy groups -OCH3 is 1. The second kappa shape index (κ2) is 6.11. The molecule has 25 heavy (non-hydrogen) atoms. The minimum atomic E-state index is -2.50. The van der Waals surface area contributed by atoms with E-state index in [4.69, 9.17) is 10.5 Å². The molecular formula is C19H23N3O2S. The Hall–Kier alpha value is -2.47. The predicted molar refractivity (Wildman–Crippen MR) is 105 cm³/mol. The largest absolute Gasteiger partial charge is 0.497 e. The maximum atomic E-state index is 12.8.